The predicted molar refractivity (Wildman–Crippen MR) is 95.0 cm³/mol. The molecule has 0 aliphatic rings. The maximum absolute atomic E-state index is 6.19. The monoisotopic (exact) mass is 322 g/mol. The second-order valence-corrected chi connectivity index (χ2v) is 5.15. The Morgan fingerprint density at radius 2 is 1.79 bits per heavy atom. The van der Waals surface area contributed by atoms with Crippen LogP contribution in [0.3, 0.4) is 0 Å². The Morgan fingerprint density at radius 3 is 2.50 bits per heavy atom. The van der Waals surface area contributed by atoms with Crippen LogP contribution in [-0.4, -0.2) is 22.1 Å². The maximum Gasteiger partial charge on any atom is 0.160 e. The number of aryl methyl sites for hydroxylation is 1. The van der Waals surface area contributed by atoms with Gasteiger partial charge in [-0.15, -0.1) is 0 Å². The van der Waals surface area contributed by atoms with Gasteiger partial charge in [0.15, 0.2) is 11.6 Å². The third-order valence-electron chi connectivity index (χ3n) is 3.40. The molecule has 0 amide bonds. The third kappa shape index (κ3) is 3.35. The molecule has 24 heavy (non-hydrogen) atoms. The molecule has 0 radical (unpaired) electrons. The summed E-state index contributed by atoms with van der Waals surface area (Å²) in [6.07, 6.45) is 3.13. The first-order valence-corrected chi connectivity index (χ1v) is 7.37. The molecule has 4 N–H and O–H groups in total. The third-order valence-corrected chi connectivity index (χ3v) is 3.40. The van der Waals surface area contributed by atoms with E-state index in [4.69, 9.17) is 10.5 Å². The van der Waals surface area contributed by atoms with Gasteiger partial charge in [-0.25, -0.2) is 15.0 Å². The Morgan fingerprint density at radius 1 is 1.00 bits per heavy atom. The number of methoxy groups -OCH3 is 1. The molecule has 0 spiro atoms. The zero-order chi connectivity index (χ0) is 16.9. The van der Waals surface area contributed by atoms with Crippen molar-refractivity contribution in [3.05, 3.63) is 54.5 Å². The van der Waals surface area contributed by atoms with E-state index in [2.05, 4.69) is 25.6 Å². The van der Waals surface area contributed by atoms with Crippen LogP contribution in [0.1, 0.15) is 5.56 Å². The number of rotatable bonds is 5. The van der Waals surface area contributed by atoms with Crippen molar-refractivity contribution >= 4 is 28.8 Å². The van der Waals surface area contributed by atoms with Crippen molar-refractivity contribution in [1.29, 1.82) is 0 Å². The lowest BCUT2D eigenvalue weighted by molar-refractivity contribution is 0.416. The van der Waals surface area contributed by atoms with Gasteiger partial charge in [-0.2, -0.15) is 0 Å². The Balaban J connectivity index is 1.90. The van der Waals surface area contributed by atoms with E-state index in [-0.39, 0.29) is 0 Å². The van der Waals surface area contributed by atoms with Crippen LogP contribution in [-0.2, 0) is 0 Å². The smallest absolute Gasteiger partial charge is 0.160 e. The Bertz CT molecular complexity index is 838. The highest BCUT2D eigenvalue weighted by Gasteiger charge is 2.11. The molecule has 2 aromatic heterocycles. The normalized spacial score (nSPS) is 10.2. The summed E-state index contributed by atoms with van der Waals surface area (Å²) < 4.78 is 5.37. The van der Waals surface area contributed by atoms with Crippen LogP contribution in [0.4, 0.5) is 28.8 Å². The quantitative estimate of drug-likeness (QED) is 0.663. The van der Waals surface area contributed by atoms with Gasteiger partial charge in [0.2, 0.25) is 0 Å². The standard InChI is InChI=1S/C17H18N6O/c1-11-6-7-13(24-2)12(9-11)22-16-15(18)17(21-10-20-16)23-14-5-3-4-8-19-14/h3-10H,18H2,1-2H3,(H2,19,20,21,22,23). The van der Waals surface area contributed by atoms with Crippen LogP contribution in [0.5, 0.6) is 5.75 Å². The van der Waals surface area contributed by atoms with Crippen molar-refractivity contribution in [2.45, 2.75) is 6.92 Å². The Kier molecular flexibility index (Phi) is 4.42. The summed E-state index contributed by atoms with van der Waals surface area (Å²) in [5.41, 5.74) is 8.46. The van der Waals surface area contributed by atoms with Gasteiger partial charge in [-0.1, -0.05) is 12.1 Å². The highest BCUT2D eigenvalue weighted by atomic mass is 16.5. The summed E-state index contributed by atoms with van der Waals surface area (Å²) in [6, 6.07) is 11.4. The second-order valence-electron chi connectivity index (χ2n) is 5.15. The number of nitrogens with one attached hydrogen (secondary N) is 2. The highest BCUT2D eigenvalue weighted by Crippen LogP contribution is 2.32. The lowest BCUT2D eigenvalue weighted by atomic mass is 10.2. The number of nitrogens with zero attached hydrogens (tertiary/aromatic N) is 3. The molecule has 3 aromatic rings. The van der Waals surface area contributed by atoms with Crippen molar-refractivity contribution in [3.8, 4) is 5.75 Å². The number of aromatic nitrogens is 3. The fraction of sp³-hybridized carbons (Fsp3) is 0.118. The number of nitrogen functional groups attached to an aromatic ring is 1. The molecule has 0 aliphatic carbocycles. The average molecular weight is 322 g/mol. The first kappa shape index (κ1) is 15.5. The van der Waals surface area contributed by atoms with Crippen molar-refractivity contribution in [2.75, 3.05) is 23.5 Å². The van der Waals surface area contributed by atoms with E-state index in [0.717, 1.165) is 11.3 Å². The van der Waals surface area contributed by atoms with Crippen LogP contribution >= 0.6 is 0 Å². The van der Waals surface area contributed by atoms with E-state index in [0.29, 0.717) is 28.9 Å². The molecule has 0 bridgehead atoms. The van der Waals surface area contributed by atoms with Crippen molar-refractivity contribution < 1.29 is 4.74 Å². The zero-order valence-corrected chi connectivity index (χ0v) is 13.4. The van der Waals surface area contributed by atoms with Crippen LogP contribution in [0, 0.1) is 6.92 Å². The van der Waals surface area contributed by atoms with Gasteiger partial charge >= 0.3 is 0 Å². The van der Waals surface area contributed by atoms with Crippen LogP contribution < -0.4 is 21.1 Å². The largest absolute Gasteiger partial charge is 0.495 e. The van der Waals surface area contributed by atoms with E-state index >= 15 is 0 Å². The predicted octanol–water partition coefficient (Wildman–Crippen LogP) is 3.26. The number of anilines is 5. The van der Waals surface area contributed by atoms with Crippen LogP contribution in [0.2, 0.25) is 0 Å². The number of pyridine rings is 1. The maximum atomic E-state index is 6.19. The highest BCUT2D eigenvalue weighted by molar-refractivity contribution is 5.81. The molecular formula is C17H18N6O. The average Bonchev–Trinajstić information content (AvgIpc) is 2.60. The molecule has 0 saturated heterocycles. The minimum Gasteiger partial charge on any atom is -0.495 e. The summed E-state index contributed by atoms with van der Waals surface area (Å²) in [7, 11) is 1.62. The summed E-state index contributed by atoms with van der Waals surface area (Å²) in [5, 5.41) is 6.28. The molecule has 122 valence electrons. The first-order valence-electron chi connectivity index (χ1n) is 7.37. The fourth-order valence-electron chi connectivity index (χ4n) is 2.20. The van der Waals surface area contributed by atoms with Crippen molar-refractivity contribution in [1.82, 2.24) is 15.0 Å². The van der Waals surface area contributed by atoms with Gasteiger partial charge in [0.1, 0.15) is 23.6 Å². The van der Waals surface area contributed by atoms with E-state index < -0.39 is 0 Å². The minimum absolute atomic E-state index is 0.395. The molecule has 0 atom stereocenters. The summed E-state index contributed by atoms with van der Waals surface area (Å²) >= 11 is 0. The van der Waals surface area contributed by atoms with Gasteiger partial charge in [0.05, 0.1) is 12.8 Å². The summed E-state index contributed by atoms with van der Waals surface area (Å²) in [6.45, 7) is 2.00. The number of hydrogen-bond acceptors (Lipinski definition) is 7. The second kappa shape index (κ2) is 6.82. The van der Waals surface area contributed by atoms with E-state index in [1.54, 1.807) is 13.3 Å². The molecule has 0 saturated carbocycles. The molecule has 0 aliphatic heterocycles. The van der Waals surface area contributed by atoms with Crippen molar-refractivity contribution in [3.63, 3.8) is 0 Å². The van der Waals surface area contributed by atoms with Gasteiger partial charge in [0, 0.05) is 6.20 Å². The molecule has 7 heteroatoms. The fourth-order valence-corrected chi connectivity index (χ4v) is 2.20. The minimum atomic E-state index is 0.395. The number of hydrogen-bond donors (Lipinski definition) is 3. The van der Waals surface area contributed by atoms with Gasteiger partial charge in [-0.05, 0) is 36.8 Å². The van der Waals surface area contributed by atoms with Gasteiger partial charge in [-0.3, -0.25) is 0 Å². The molecule has 3 rings (SSSR count). The number of ether oxygens (including phenoxy) is 1. The van der Waals surface area contributed by atoms with E-state index in [1.807, 2.05) is 43.3 Å². The Labute approximate surface area is 139 Å². The number of nitrogens with two attached hydrogens (primary N) is 1. The Hall–Kier alpha value is -3.35. The summed E-state index contributed by atoms with van der Waals surface area (Å²) in [4.78, 5) is 12.6. The molecule has 0 unspecified atom stereocenters. The molecule has 0 fully saturated rings. The molecule has 7 nitrogen and oxygen atoms in total. The molecular weight excluding hydrogens is 304 g/mol. The lowest BCUT2D eigenvalue weighted by Crippen LogP contribution is -2.06. The topological polar surface area (TPSA) is 98.0 Å². The van der Waals surface area contributed by atoms with Crippen molar-refractivity contribution in [2.24, 2.45) is 0 Å². The van der Waals surface area contributed by atoms with Crippen LogP contribution in [0.25, 0.3) is 0 Å². The molecule has 1 aromatic carbocycles. The lowest BCUT2D eigenvalue weighted by Gasteiger charge is -2.14. The zero-order valence-electron chi connectivity index (χ0n) is 13.4. The molecule has 2 heterocycles. The van der Waals surface area contributed by atoms with E-state index in [9.17, 15) is 0 Å². The first-order chi connectivity index (χ1) is 11.7. The van der Waals surface area contributed by atoms with Gasteiger partial charge < -0.3 is 21.1 Å². The SMILES string of the molecule is COc1ccc(C)cc1Nc1ncnc(Nc2ccccn2)c1N. The van der Waals surface area contributed by atoms with E-state index in [1.165, 1.54) is 6.33 Å². The van der Waals surface area contributed by atoms with Gasteiger partial charge in [0.25, 0.3) is 0 Å². The van der Waals surface area contributed by atoms with Crippen LogP contribution in [0.15, 0.2) is 48.9 Å². The summed E-state index contributed by atoms with van der Waals surface area (Å²) in [5.74, 6) is 2.34. The number of benzene rings is 1.